The normalized spacial score (nSPS) is 9.95. The molecule has 0 amide bonds. The van der Waals surface area contributed by atoms with Crippen molar-refractivity contribution in [3.05, 3.63) is 46.5 Å². The molecule has 0 saturated heterocycles. The summed E-state index contributed by atoms with van der Waals surface area (Å²) in [6.45, 7) is 0.337. The quantitative estimate of drug-likeness (QED) is 0.618. The van der Waals surface area contributed by atoms with E-state index in [2.05, 4.69) is 25.6 Å². The van der Waals surface area contributed by atoms with E-state index in [1.54, 1.807) is 25.4 Å². The van der Waals surface area contributed by atoms with Crippen LogP contribution in [0.15, 0.2) is 30.7 Å². The molecule has 0 aromatic carbocycles. The van der Waals surface area contributed by atoms with Gasteiger partial charge in [-0.25, -0.2) is 15.0 Å². The summed E-state index contributed by atoms with van der Waals surface area (Å²) in [4.78, 5) is 22.4. The third-order valence-electron chi connectivity index (χ3n) is 2.41. The van der Waals surface area contributed by atoms with Crippen molar-refractivity contribution in [3.63, 3.8) is 0 Å². The minimum atomic E-state index is -0.477. The lowest BCUT2D eigenvalue weighted by Crippen LogP contribution is -2.07. The monoisotopic (exact) mass is 260 g/mol. The molecule has 19 heavy (non-hydrogen) atoms. The summed E-state index contributed by atoms with van der Waals surface area (Å²) in [5, 5.41) is 16.6. The van der Waals surface area contributed by atoms with Crippen LogP contribution in [0.5, 0.6) is 0 Å². The van der Waals surface area contributed by atoms with Crippen LogP contribution in [0.2, 0.25) is 0 Å². The van der Waals surface area contributed by atoms with Crippen LogP contribution < -0.4 is 10.6 Å². The van der Waals surface area contributed by atoms with Gasteiger partial charge in [-0.15, -0.1) is 0 Å². The summed E-state index contributed by atoms with van der Waals surface area (Å²) < 4.78 is 0. The lowest BCUT2D eigenvalue weighted by molar-refractivity contribution is -0.384. The molecule has 2 aromatic heterocycles. The van der Waals surface area contributed by atoms with Crippen molar-refractivity contribution in [1.29, 1.82) is 0 Å². The Kier molecular flexibility index (Phi) is 3.81. The van der Waals surface area contributed by atoms with Gasteiger partial charge in [-0.05, 0) is 12.1 Å². The van der Waals surface area contributed by atoms with E-state index >= 15 is 0 Å². The van der Waals surface area contributed by atoms with Gasteiger partial charge in [0, 0.05) is 19.3 Å². The van der Waals surface area contributed by atoms with Crippen molar-refractivity contribution in [2.75, 3.05) is 17.7 Å². The number of pyridine rings is 1. The Hall–Kier alpha value is -2.77. The maximum atomic E-state index is 10.9. The van der Waals surface area contributed by atoms with E-state index in [9.17, 15) is 10.1 Å². The molecule has 0 spiro atoms. The van der Waals surface area contributed by atoms with E-state index in [1.165, 1.54) is 12.4 Å². The molecule has 98 valence electrons. The van der Waals surface area contributed by atoms with E-state index in [4.69, 9.17) is 0 Å². The summed E-state index contributed by atoms with van der Waals surface area (Å²) in [6, 6.07) is 4.68. The van der Waals surface area contributed by atoms with E-state index in [-0.39, 0.29) is 11.5 Å². The van der Waals surface area contributed by atoms with Crippen molar-refractivity contribution in [2.45, 2.75) is 6.54 Å². The van der Waals surface area contributed by atoms with Crippen LogP contribution in [-0.2, 0) is 6.54 Å². The molecular formula is C11H12N6O2. The lowest BCUT2D eigenvalue weighted by atomic mass is 10.3. The Morgan fingerprint density at radius 2 is 2.21 bits per heavy atom. The van der Waals surface area contributed by atoms with Gasteiger partial charge < -0.3 is 10.6 Å². The highest BCUT2D eigenvalue weighted by molar-refractivity contribution is 5.60. The molecule has 0 unspecified atom stereocenters. The van der Waals surface area contributed by atoms with Crippen LogP contribution in [0.1, 0.15) is 5.69 Å². The first-order valence-corrected chi connectivity index (χ1v) is 5.52. The van der Waals surface area contributed by atoms with Gasteiger partial charge >= 0.3 is 5.69 Å². The lowest BCUT2D eigenvalue weighted by Gasteiger charge is -2.07. The fraction of sp³-hybridized carbons (Fsp3) is 0.182. The summed E-state index contributed by atoms with van der Waals surface area (Å²) in [5.41, 5.74) is 0.647. The number of nitrogens with one attached hydrogen (secondary N) is 2. The molecular weight excluding hydrogens is 248 g/mol. The highest BCUT2D eigenvalue weighted by atomic mass is 16.6. The Morgan fingerprint density at radius 3 is 2.84 bits per heavy atom. The Morgan fingerprint density at radius 1 is 1.37 bits per heavy atom. The molecule has 0 aliphatic heterocycles. The van der Waals surface area contributed by atoms with E-state index in [1.807, 2.05) is 0 Å². The zero-order valence-corrected chi connectivity index (χ0v) is 10.2. The molecule has 2 rings (SSSR count). The van der Waals surface area contributed by atoms with Gasteiger partial charge in [0.2, 0.25) is 5.82 Å². The average molecular weight is 260 g/mol. The van der Waals surface area contributed by atoms with Crippen LogP contribution in [0.25, 0.3) is 0 Å². The van der Waals surface area contributed by atoms with E-state index in [0.717, 1.165) is 5.69 Å². The van der Waals surface area contributed by atoms with Gasteiger partial charge in [0.15, 0.2) is 0 Å². The SMILES string of the molecule is CNc1ccc([N+](=O)[O-])c(NCc2ccncn2)n1. The van der Waals surface area contributed by atoms with E-state index in [0.29, 0.717) is 12.4 Å². The van der Waals surface area contributed by atoms with Crippen molar-refractivity contribution in [3.8, 4) is 0 Å². The molecule has 8 nitrogen and oxygen atoms in total. The van der Waals surface area contributed by atoms with Crippen LogP contribution in [0.3, 0.4) is 0 Å². The predicted molar refractivity (Wildman–Crippen MR) is 69.8 cm³/mol. The Bertz CT molecular complexity index is 575. The van der Waals surface area contributed by atoms with Gasteiger partial charge in [-0.1, -0.05) is 0 Å². The largest absolute Gasteiger partial charge is 0.373 e. The number of nitro groups is 1. The number of hydrogen-bond acceptors (Lipinski definition) is 7. The third kappa shape index (κ3) is 3.12. The Balaban J connectivity index is 2.20. The zero-order chi connectivity index (χ0) is 13.7. The minimum absolute atomic E-state index is 0.0759. The predicted octanol–water partition coefficient (Wildman–Crippen LogP) is 1.43. The highest BCUT2D eigenvalue weighted by Crippen LogP contribution is 2.24. The van der Waals surface area contributed by atoms with Crippen molar-refractivity contribution in [2.24, 2.45) is 0 Å². The molecule has 2 N–H and O–H groups in total. The van der Waals surface area contributed by atoms with Crippen LogP contribution in [-0.4, -0.2) is 26.9 Å². The number of rotatable bonds is 5. The second-order valence-electron chi connectivity index (χ2n) is 3.63. The Labute approximate surface area is 109 Å². The van der Waals surface area contributed by atoms with Crippen LogP contribution in [0.4, 0.5) is 17.3 Å². The van der Waals surface area contributed by atoms with Crippen molar-refractivity contribution < 1.29 is 4.92 Å². The zero-order valence-electron chi connectivity index (χ0n) is 10.2. The topological polar surface area (TPSA) is 106 Å². The van der Waals surface area contributed by atoms with Gasteiger partial charge in [0.1, 0.15) is 12.1 Å². The summed E-state index contributed by atoms with van der Waals surface area (Å²) in [7, 11) is 1.70. The maximum Gasteiger partial charge on any atom is 0.311 e. The molecule has 0 aliphatic carbocycles. The number of anilines is 2. The fourth-order valence-corrected chi connectivity index (χ4v) is 1.47. The smallest absolute Gasteiger partial charge is 0.311 e. The summed E-state index contributed by atoms with van der Waals surface area (Å²) >= 11 is 0. The van der Waals surface area contributed by atoms with E-state index < -0.39 is 4.92 Å². The first-order chi connectivity index (χ1) is 9.20. The molecule has 8 heteroatoms. The minimum Gasteiger partial charge on any atom is -0.373 e. The van der Waals surface area contributed by atoms with Gasteiger partial charge in [0.25, 0.3) is 0 Å². The van der Waals surface area contributed by atoms with Gasteiger partial charge in [0.05, 0.1) is 17.2 Å². The summed E-state index contributed by atoms with van der Waals surface area (Å²) in [6.07, 6.45) is 3.03. The number of aromatic nitrogens is 3. The molecule has 0 aliphatic rings. The second kappa shape index (κ2) is 5.71. The van der Waals surface area contributed by atoms with Crippen LogP contribution >= 0.6 is 0 Å². The standard InChI is InChI=1S/C11H12N6O2/c1-12-10-3-2-9(17(18)19)11(16-10)14-6-8-4-5-13-7-15-8/h2-5,7H,6H2,1H3,(H2,12,14,16). The third-order valence-corrected chi connectivity index (χ3v) is 2.41. The average Bonchev–Trinajstić information content (AvgIpc) is 2.45. The molecule has 0 fully saturated rings. The molecule has 0 saturated carbocycles. The second-order valence-corrected chi connectivity index (χ2v) is 3.63. The first-order valence-electron chi connectivity index (χ1n) is 5.52. The highest BCUT2D eigenvalue weighted by Gasteiger charge is 2.15. The molecule has 0 bridgehead atoms. The summed E-state index contributed by atoms with van der Waals surface area (Å²) in [5.74, 6) is 0.756. The molecule has 0 radical (unpaired) electrons. The molecule has 2 aromatic rings. The fourth-order valence-electron chi connectivity index (χ4n) is 1.47. The first kappa shape index (κ1) is 12.7. The molecule has 2 heterocycles. The van der Waals surface area contributed by atoms with Gasteiger partial charge in [-0.2, -0.15) is 0 Å². The number of hydrogen-bond donors (Lipinski definition) is 2. The van der Waals surface area contributed by atoms with Crippen molar-refractivity contribution in [1.82, 2.24) is 15.0 Å². The number of nitrogens with zero attached hydrogens (tertiary/aromatic N) is 4. The van der Waals surface area contributed by atoms with Gasteiger partial charge in [-0.3, -0.25) is 10.1 Å². The molecule has 0 atom stereocenters. The van der Waals surface area contributed by atoms with Crippen LogP contribution in [0, 0.1) is 10.1 Å². The maximum absolute atomic E-state index is 10.9. The van der Waals surface area contributed by atoms with Crippen molar-refractivity contribution >= 4 is 17.3 Å².